The zero-order valence-electron chi connectivity index (χ0n) is 10.3. The molecule has 0 bridgehead atoms. The molecule has 0 aromatic heterocycles. The van der Waals surface area contributed by atoms with Crippen molar-refractivity contribution in [1.82, 2.24) is 5.32 Å². The number of aliphatic hydroxyl groups excluding tert-OH is 1. The van der Waals surface area contributed by atoms with E-state index in [4.69, 9.17) is 5.11 Å². The van der Waals surface area contributed by atoms with Crippen LogP contribution in [0.5, 0.6) is 0 Å². The number of thioether (sulfide) groups is 2. The molecule has 1 aromatic rings. The van der Waals surface area contributed by atoms with Gasteiger partial charge < -0.3 is 10.4 Å². The van der Waals surface area contributed by atoms with Crippen molar-refractivity contribution in [3.63, 3.8) is 0 Å². The van der Waals surface area contributed by atoms with E-state index in [2.05, 4.69) is 17.4 Å². The van der Waals surface area contributed by atoms with Crippen molar-refractivity contribution in [2.24, 2.45) is 0 Å². The zero-order chi connectivity index (χ0) is 13.1. The van der Waals surface area contributed by atoms with Crippen LogP contribution in [0.3, 0.4) is 0 Å². The van der Waals surface area contributed by atoms with Crippen molar-refractivity contribution in [3.05, 3.63) is 30.3 Å². The highest BCUT2D eigenvalue weighted by atomic mass is 32.2. The van der Waals surface area contributed by atoms with Crippen molar-refractivity contribution in [1.29, 1.82) is 0 Å². The van der Waals surface area contributed by atoms with E-state index < -0.39 is 0 Å². The van der Waals surface area contributed by atoms with Gasteiger partial charge in [-0.1, -0.05) is 18.2 Å². The summed E-state index contributed by atoms with van der Waals surface area (Å²) < 4.78 is 0. The highest BCUT2D eigenvalue weighted by Crippen LogP contribution is 2.15. The normalized spacial score (nSPS) is 10.3. The van der Waals surface area contributed by atoms with Crippen molar-refractivity contribution < 1.29 is 9.90 Å². The molecular formula is C13H19NO2S2. The van der Waals surface area contributed by atoms with Crippen LogP contribution in [0, 0.1) is 0 Å². The Balaban J connectivity index is 1.99. The van der Waals surface area contributed by atoms with Crippen molar-refractivity contribution in [2.45, 2.75) is 11.3 Å². The number of carbonyl (C=O) groups excluding carboxylic acids is 1. The smallest absolute Gasteiger partial charge is 0.230 e. The molecule has 0 saturated carbocycles. The van der Waals surface area contributed by atoms with E-state index in [1.165, 1.54) is 4.90 Å². The Labute approximate surface area is 117 Å². The van der Waals surface area contributed by atoms with Crippen LogP contribution in [0.25, 0.3) is 0 Å². The second kappa shape index (κ2) is 10.3. The lowest BCUT2D eigenvalue weighted by Gasteiger charge is -2.05. The third-order valence-electron chi connectivity index (χ3n) is 2.12. The van der Waals surface area contributed by atoms with Crippen molar-refractivity contribution >= 4 is 29.4 Å². The van der Waals surface area contributed by atoms with E-state index in [9.17, 15) is 4.79 Å². The van der Waals surface area contributed by atoms with E-state index in [-0.39, 0.29) is 12.5 Å². The van der Waals surface area contributed by atoms with Gasteiger partial charge in [0.2, 0.25) is 5.91 Å². The summed E-state index contributed by atoms with van der Waals surface area (Å²) in [5.41, 5.74) is 0. The summed E-state index contributed by atoms with van der Waals surface area (Å²) >= 11 is 3.30. The van der Waals surface area contributed by atoms with Crippen LogP contribution in [0.15, 0.2) is 35.2 Å². The monoisotopic (exact) mass is 285 g/mol. The second-order valence-electron chi connectivity index (χ2n) is 3.64. The van der Waals surface area contributed by atoms with Gasteiger partial charge in [0, 0.05) is 23.8 Å². The molecule has 0 radical (unpaired) electrons. The van der Waals surface area contributed by atoms with Crippen LogP contribution in [-0.2, 0) is 4.79 Å². The van der Waals surface area contributed by atoms with Gasteiger partial charge in [-0.2, -0.15) is 11.8 Å². The molecule has 100 valence electrons. The van der Waals surface area contributed by atoms with Gasteiger partial charge in [-0.05, 0) is 24.3 Å². The minimum absolute atomic E-state index is 0.0756. The van der Waals surface area contributed by atoms with Gasteiger partial charge in [-0.25, -0.2) is 0 Å². The minimum atomic E-state index is 0.0756. The van der Waals surface area contributed by atoms with Crippen LogP contribution < -0.4 is 5.32 Å². The molecule has 0 unspecified atom stereocenters. The first-order valence-corrected chi connectivity index (χ1v) is 8.10. The third-order valence-corrected chi connectivity index (χ3v) is 4.17. The molecule has 1 amide bonds. The lowest BCUT2D eigenvalue weighted by molar-refractivity contribution is -0.118. The Hall–Kier alpha value is -0.650. The van der Waals surface area contributed by atoms with Crippen molar-refractivity contribution in [3.8, 4) is 0 Å². The van der Waals surface area contributed by atoms with Gasteiger partial charge in [0.05, 0.1) is 5.75 Å². The molecule has 0 fully saturated rings. The molecule has 5 heteroatoms. The molecule has 18 heavy (non-hydrogen) atoms. The lowest BCUT2D eigenvalue weighted by atomic mass is 10.4. The fourth-order valence-corrected chi connectivity index (χ4v) is 2.81. The summed E-state index contributed by atoms with van der Waals surface area (Å²) in [4.78, 5) is 12.6. The average molecular weight is 285 g/mol. The van der Waals surface area contributed by atoms with E-state index in [1.54, 1.807) is 23.5 Å². The zero-order valence-corrected chi connectivity index (χ0v) is 11.9. The van der Waals surface area contributed by atoms with E-state index >= 15 is 0 Å². The van der Waals surface area contributed by atoms with Gasteiger partial charge in [0.15, 0.2) is 0 Å². The first-order valence-electron chi connectivity index (χ1n) is 5.96. The molecule has 0 heterocycles. The molecule has 0 aliphatic heterocycles. The number of hydrogen-bond acceptors (Lipinski definition) is 4. The van der Waals surface area contributed by atoms with Crippen LogP contribution >= 0.6 is 23.5 Å². The maximum absolute atomic E-state index is 11.4. The van der Waals surface area contributed by atoms with Gasteiger partial charge >= 0.3 is 0 Å². The highest BCUT2D eigenvalue weighted by molar-refractivity contribution is 8.00. The average Bonchev–Trinajstić information content (AvgIpc) is 2.41. The molecule has 1 aromatic carbocycles. The first kappa shape index (κ1) is 15.4. The number of aliphatic hydroxyl groups is 1. The summed E-state index contributed by atoms with van der Waals surface area (Å²) in [6.07, 6.45) is 0.752. The molecule has 1 rings (SSSR count). The van der Waals surface area contributed by atoms with Crippen LogP contribution in [-0.4, -0.2) is 41.4 Å². The second-order valence-corrected chi connectivity index (χ2v) is 5.91. The van der Waals surface area contributed by atoms with E-state index in [0.717, 1.165) is 17.9 Å². The summed E-state index contributed by atoms with van der Waals surface area (Å²) in [6.45, 7) is 0.890. The molecule has 0 aliphatic carbocycles. The molecule has 0 atom stereocenters. The Morgan fingerprint density at radius 2 is 2.00 bits per heavy atom. The summed E-state index contributed by atoms with van der Waals surface area (Å²) in [7, 11) is 0. The molecule has 2 N–H and O–H groups in total. The van der Waals surface area contributed by atoms with E-state index in [1.807, 2.05) is 18.2 Å². The number of rotatable bonds is 9. The van der Waals surface area contributed by atoms with Gasteiger partial charge in [0.25, 0.3) is 0 Å². The number of benzene rings is 1. The summed E-state index contributed by atoms with van der Waals surface area (Å²) in [5.74, 6) is 2.28. The third kappa shape index (κ3) is 7.63. The molecule has 0 spiro atoms. The predicted molar refractivity (Wildman–Crippen MR) is 79.2 cm³/mol. The van der Waals surface area contributed by atoms with Gasteiger partial charge in [-0.15, -0.1) is 11.8 Å². The fraction of sp³-hybridized carbons (Fsp3) is 0.462. The Bertz CT molecular complexity index is 333. The molecule has 3 nitrogen and oxygen atoms in total. The van der Waals surface area contributed by atoms with E-state index in [0.29, 0.717) is 12.3 Å². The maximum Gasteiger partial charge on any atom is 0.230 e. The standard InChI is InChI=1S/C13H19NO2S2/c15-8-4-9-17-11-13(16)14-7-10-18-12-5-2-1-3-6-12/h1-3,5-6,15H,4,7-11H2,(H,14,16). The summed E-state index contributed by atoms with van der Waals surface area (Å²) in [6, 6.07) is 10.2. The lowest BCUT2D eigenvalue weighted by Crippen LogP contribution is -2.27. The van der Waals surface area contributed by atoms with Crippen LogP contribution in [0.4, 0.5) is 0 Å². The quantitative estimate of drug-likeness (QED) is 0.538. The maximum atomic E-state index is 11.4. The topological polar surface area (TPSA) is 49.3 Å². The SMILES string of the molecule is O=C(CSCCCO)NCCSc1ccccc1. The Kier molecular flexibility index (Phi) is 8.81. The number of carbonyl (C=O) groups is 1. The predicted octanol–water partition coefficient (Wildman–Crippen LogP) is 2.01. The van der Waals surface area contributed by atoms with Crippen LogP contribution in [0.1, 0.15) is 6.42 Å². The largest absolute Gasteiger partial charge is 0.396 e. The van der Waals surface area contributed by atoms with Gasteiger partial charge in [0.1, 0.15) is 0 Å². The number of nitrogens with one attached hydrogen (secondary N) is 1. The first-order chi connectivity index (χ1) is 8.83. The number of amides is 1. The van der Waals surface area contributed by atoms with Crippen molar-refractivity contribution in [2.75, 3.05) is 30.4 Å². The number of hydrogen-bond donors (Lipinski definition) is 2. The Morgan fingerprint density at radius 3 is 2.72 bits per heavy atom. The molecule has 0 aliphatic rings. The summed E-state index contributed by atoms with van der Waals surface area (Å²) in [5, 5.41) is 11.5. The minimum Gasteiger partial charge on any atom is -0.396 e. The van der Waals surface area contributed by atoms with Gasteiger partial charge in [-0.3, -0.25) is 4.79 Å². The fourth-order valence-electron chi connectivity index (χ4n) is 1.26. The molecule has 0 saturated heterocycles. The molecular weight excluding hydrogens is 266 g/mol. The Morgan fingerprint density at radius 1 is 1.22 bits per heavy atom. The van der Waals surface area contributed by atoms with Crippen LogP contribution in [0.2, 0.25) is 0 Å². The highest BCUT2D eigenvalue weighted by Gasteiger charge is 2.00.